The Bertz CT molecular complexity index is 906. The molecule has 1 fully saturated rings. The third-order valence-corrected chi connectivity index (χ3v) is 5.11. The highest BCUT2D eigenvalue weighted by molar-refractivity contribution is 5.89. The summed E-state index contributed by atoms with van der Waals surface area (Å²) >= 11 is 0. The fraction of sp³-hybridized carbons (Fsp3) is 0.435. The molecule has 0 atom stereocenters. The molecule has 8 nitrogen and oxygen atoms in total. The Labute approximate surface area is 182 Å². The van der Waals surface area contributed by atoms with Crippen molar-refractivity contribution in [3.05, 3.63) is 42.1 Å². The predicted molar refractivity (Wildman–Crippen MR) is 119 cm³/mol. The standard InChI is InChI=1S/C23H30N4O4/c1-15(2)25-22(28)17-9-11-27(12-10-17)23(29)26-18-6-8-21(24-14-18)31-19-7-5-16(3)13-20(19)30-4/h5-8,13-15,17H,9-12H2,1-4H3,(H,25,28)(H,26,29). The van der Waals surface area contributed by atoms with E-state index in [0.717, 1.165) is 5.56 Å². The van der Waals surface area contributed by atoms with Gasteiger partial charge in [-0.3, -0.25) is 4.79 Å². The lowest BCUT2D eigenvalue weighted by Crippen LogP contribution is -2.45. The van der Waals surface area contributed by atoms with Crippen LogP contribution in [0.1, 0.15) is 32.3 Å². The van der Waals surface area contributed by atoms with Crippen molar-refractivity contribution in [2.75, 3.05) is 25.5 Å². The van der Waals surface area contributed by atoms with Crippen LogP contribution in [0, 0.1) is 12.8 Å². The topological polar surface area (TPSA) is 92.8 Å². The number of carbonyl (C=O) groups is 2. The van der Waals surface area contributed by atoms with E-state index in [-0.39, 0.29) is 23.9 Å². The molecule has 31 heavy (non-hydrogen) atoms. The molecule has 0 unspecified atom stereocenters. The van der Waals surface area contributed by atoms with Gasteiger partial charge in [0.2, 0.25) is 11.8 Å². The van der Waals surface area contributed by atoms with E-state index in [0.29, 0.717) is 49.0 Å². The Hall–Kier alpha value is -3.29. The van der Waals surface area contributed by atoms with E-state index >= 15 is 0 Å². The molecule has 0 bridgehead atoms. The van der Waals surface area contributed by atoms with Crippen molar-refractivity contribution >= 4 is 17.6 Å². The van der Waals surface area contributed by atoms with E-state index in [1.165, 1.54) is 0 Å². The number of nitrogens with zero attached hydrogens (tertiary/aromatic N) is 2. The quantitative estimate of drug-likeness (QED) is 0.729. The van der Waals surface area contributed by atoms with Gasteiger partial charge in [0.15, 0.2) is 11.5 Å². The van der Waals surface area contributed by atoms with Crippen molar-refractivity contribution < 1.29 is 19.1 Å². The summed E-state index contributed by atoms with van der Waals surface area (Å²) in [5.74, 6) is 1.63. The zero-order valence-electron chi connectivity index (χ0n) is 18.5. The molecular formula is C23H30N4O4. The Morgan fingerprint density at radius 3 is 2.48 bits per heavy atom. The maximum absolute atomic E-state index is 12.6. The molecule has 3 rings (SSSR count). The lowest BCUT2D eigenvalue weighted by Gasteiger charge is -2.31. The molecular weight excluding hydrogens is 396 g/mol. The number of carbonyl (C=O) groups excluding carboxylic acids is 2. The van der Waals surface area contributed by atoms with Crippen LogP contribution in [0.5, 0.6) is 17.4 Å². The largest absolute Gasteiger partial charge is 0.493 e. The SMILES string of the molecule is COc1cc(C)ccc1Oc1ccc(NC(=O)N2CCC(C(=O)NC(C)C)CC2)cn1. The maximum atomic E-state index is 12.6. The first-order valence-electron chi connectivity index (χ1n) is 10.5. The van der Waals surface area contributed by atoms with Gasteiger partial charge in [-0.1, -0.05) is 6.07 Å². The van der Waals surface area contributed by atoms with Crippen LogP contribution in [0.2, 0.25) is 0 Å². The molecule has 3 amide bonds. The van der Waals surface area contributed by atoms with Gasteiger partial charge >= 0.3 is 6.03 Å². The zero-order chi connectivity index (χ0) is 22.4. The van der Waals surface area contributed by atoms with Crippen LogP contribution in [0.4, 0.5) is 10.5 Å². The minimum absolute atomic E-state index is 0.0386. The van der Waals surface area contributed by atoms with E-state index in [4.69, 9.17) is 9.47 Å². The molecule has 1 aromatic heterocycles. The number of methoxy groups -OCH3 is 1. The number of nitrogens with one attached hydrogen (secondary N) is 2. The number of likely N-dealkylation sites (tertiary alicyclic amines) is 1. The Balaban J connectivity index is 1.52. The summed E-state index contributed by atoms with van der Waals surface area (Å²) in [5, 5.41) is 5.80. The van der Waals surface area contributed by atoms with Crippen LogP contribution >= 0.6 is 0 Å². The Morgan fingerprint density at radius 1 is 1.13 bits per heavy atom. The van der Waals surface area contributed by atoms with Crippen LogP contribution in [0.25, 0.3) is 0 Å². The first-order valence-corrected chi connectivity index (χ1v) is 10.5. The lowest BCUT2D eigenvalue weighted by molar-refractivity contribution is -0.126. The average molecular weight is 427 g/mol. The summed E-state index contributed by atoms with van der Waals surface area (Å²) in [6.07, 6.45) is 2.88. The summed E-state index contributed by atoms with van der Waals surface area (Å²) in [5.41, 5.74) is 1.65. The average Bonchev–Trinajstić information content (AvgIpc) is 2.76. The number of benzene rings is 1. The first-order chi connectivity index (χ1) is 14.9. The minimum atomic E-state index is -0.196. The van der Waals surface area contributed by atoms with E-state index < -0.39 is 0 Å². The van der Waals surface area contributed by atoms with Crippen LogP contribution in [-0.2, 0) is 4.79 Å². The number of rotatable bonds is 6. The monoisotopic (exact) mass is 426 g/mol. The second kappa shape index (κ2) is 10.1. The van der Waals surface area contributed by atoms with Gasteiger partial charge < -0.3 is 25.0 Å². The zero-order valence-corrected chi connectivity index (χ0v) is 18.5. The lowest BCUT2D eigenvalue weighted by atomic mass is 9.96. The summed E-state index contributed by atoms with van der Waals surface area (Å²) in [7, 11) is 1.59. The van der Waals surface area contributed by atoms with Gasteiger partial charge in [-0.25, -0.2) is 9.78 Å². The predicted octanol–water partition coefficient (Wildman–Crippen LogP) is 3.96. The molecule has 2 N–H and O–H groups in total. The molecule has 0 spiro atoms. The van der Waals surface area contributed by atoms with E-state index in [1.54, 1.807) is 30.3 Å². The molecule has 0 saturated carbocycles. The molecule has 2 heterocycles. The fourth-order valence-corrected chi connectivity index (χ4v) is 3.44. The molecule has 166 valence electrons. The first kappa shape index (κ1) is 22.4. The normalized spacial score (nSPS) is 14.3. The third-order valence-electron chi connectivity index (χ3n) is 5.11. The highest BCUT2D eigenvalue weighted by Gasteiger charge is 2.27. The molecule has 8 heteroatoms. The summed E-state index contributed by atoms with van der Waals surface area (Å²) < 4.78 is 11.1. The number of urea groups is 1. The third kappa shape index (κ3) is 6.10. The van der Waals surface area contributed by atoms with Gasteiger partial charge in [-0.15, -0.1) is 0 Å². The second-order valence-corrected chi connectivity index (χ2v) is 8.00. The summed E-state index contributed by atoms with van der Waals surface area (Å²) in [6.45, 7) is 6.96. The van der Waals surface area contributed by atoms with Crippen molar-refractivity contribution in [1.82, 2.24) is 15.2 Å². The molecule has 1 aromatic carbocycles. The van der Waals surface area contributed by atoms with E-state index in [1.807, 2.05) is 39.0 Å². The highest BCUT2D eigenvalue weighted by atomic mass is 16.5. The number of hydrogen-bond donors (Lipinski definition) is 2. The van der Waals surface area contributed by atoms with Gasteiger partial charge in [0.1, 0.15) is 0 Å². The number of pyridine rings is 1. The number of piperidine rings is 1. The number of ether oxygens (including phenoxy) is 2. The molecule has 1 aliphatic rings. The fourth-order valence-electron chi connectivity index (χ4n) is 3.44. The number of aryl methyl sites for hydroxylation is 1. The van der Waals surface area contributed by atoms with E-state index in [2.05, 4.69) is 15.6 Å². The second-order valence-electron chi connectivity index (χ2n) is 8.00. The van der Waals surface area contributed by atoms with Crippen molar-refractivity contribution in [1.29, 1.82) is 0 Å². The Morgan fingerprint density at radius 2 is 1.87 bits per heavy atom. The molecule has 0 aliphatic carbocycles. The maximum Gasteiger partial charge on any atom is 0.321 e. The van der Waals surface area contributed by atoms with Gasteiger partial charge in [0, 0.05) is 31.1 Å². The highest BCUT2D eigenvalue weighted by Crippen LogP contribution is 2.31. The van der Waals surface area contributed by atoms with Crippen LogP contribution in [0.3, 0.4) is 0 Å². The van der Waals surface area contributed by atoms with Crippen LogP contribution < -0.4 is 20.1 Å². The smallest absolute Gasteiger partial charge is 0.321 e. The molecule has 2 aromatic rings. The van der Waals surface area contributed by atoms with E-state index in [9.17, 15) is 9.59 Å². The Kier molecular flexibility index (Phi) is 7.33. The van der Waals surface area contributed by atoms with Gasteiger partial charge in [0.25, 0.3) is 0 Å². The van der Waals surface area contributed by atoms with Gasteiger partial charge in [0.05, 0.1) is 19.0 Å². The van der Waals surface area contributed by atoms with Gasteiger partial charge in [-0.05, 0) is 57.4 Å². The van der Waals surface area contributed by atoms with Crippen LogP contribution in [-0.4, -0.2) is 48.1 Å². The van der Waals surface area contributed by atoms with Crippen molar-refractivity contribution in [2.24, 2.45) is 5.92 Å². The van der Waals surface area contributed by atoms with Gasteiger partial charge in [-0.2, -0.15) is 0 Å². The molecule has 1 saturated heterocycles. The summed E-state index contributed by atoms with van der Waals surface area (Å²) in [6, 6.07) is 9.01. The minimum Gasteiger partial charge on any atom is -0.493 e. The van der Waals surface area contributed by atoms with Crippen LogP contribution in [0.15, 0.2) is 36.5 Å². The number of hydrogen-bond acceptors (Lipinski definition) is 5. The number of anilines is 1. The van der Waals surface area contributed by atoms with Crippen molar-refractivity contribution in [3.8, 4) is 17.4 Å². The van der Waals surface area contributed by atoms with Crippen molar-refractivity contribution in [2.45, 2.75) is 39.7 Å². The number of amides is 3. The summed E-state index contributed by atoms with van der Waals surface area (Å²) in [4.78, 5) is 30.7. The van der Waals surface area contributed by atoms with Crippen molar-refractivity contribution in [3.63, 3.8) is 0 Å². The molecule has 1 aliphatic heterocycles. The number of aromatic nitrogens is 1. The molecule has 0 radical (unpaired) electrons.